The van der Waals surface area contributed by atoms with Crippen LogP contribution in [0.4, 0.5) is 18.9 Å². The predicted molar refractivity (Wildman–Crippen MR) is 73.6 cm³/mol. The van der Waals surface area contributed by atoms with E-state index in [4.69, 9.17) is 10.5 Å². The molecule has 0 aliphatic rings. The molecule has 3 N–H and O–H groups in total. The van der Waals surface area contributed by atoms with Gasteiger partial charge in [-0.2, -0.15) is 13.2 Å². The minimum Gasteiger partial charge on any atom is -0.384 e. The topological polar surface area (TPSA) is 64.3 Å². The van der Waals surface area contributed by atoms with Crippen LogP contribution >= 0.6 is 0 Å². The number of hydrogen-bond donors (Lipinski definition) is 2. The number of methoxy groups -OCH3 is 1. The first kappa shape index (κ1) is 17.5. The lowest BCUT2D eigenvalue weighted by molar-refractivity contribution is -0.137. The lowest BCUT2D eigenvalue weighted by Crippen LogP contribution is -2.20. The monoisotopic (exact) mass is 304 g/mol. The number of hydrogen-bond acceptors (Lipinski definition) is 3. The number of rotatable bonds is 6. The SMILES string of the molecule is COCC(C)CC(=O)Nc1ccc(CN)cc1C(F)(F)F. The molecule has 0 bridgehead atoms. The Morgan fingerprint density at radius 3 is 2.62 bits per heavy atom. The van der Waals surface area contributed by atoms with Crippen molar-refractivity contribution in [1.29, 1.82) is 0 Å². The average molecular weight is 304 g/mol. The van der Waals surface area contributed by atoms with Gasteiger partial charge in [0.25, 0.3) is 0 Å². The molecule has 1 aromatic carbocycles. The highest BCUT2D eigenvalue weighted by molar-refractivity contribution is 5.91. The second-order valence-corrected chi connectivity index (χ2v) is 4.89. The normalized spacial score (nSPS) is 13.0. The average Bonchev–Trinajstić information content (AvgIpc) is 2.37. The van der Waals surface area contributed by atoms with E-state index in [1.165, 1.54) is 19.2 Å². The van der Waals surface area contributed by atoms with Crippen molar-refractivity contribution in [2.45, 2.75) is 26.1 Å². The molecule has 0 radical (unpaired) electrons. The van der Waals surface area contributed by atoms with Crippen LogP contribution < -0.4 is 11.1 Å². The quantitative estimate of drug-likeness (QED) is 0.849. The van der Waals surface area contributed by atoms with Gasteiger partial charge in [-0.1, -0.05) is 13.0 Å². The van der Waals surface area contributed by atoms with Gasteiger partial charge in [-0.25, -0.2) is 0 Å². The van der Waals surface area contributed by atoms with Gasteiger partial charge in [-0.15, -0.1) is 0 Å². The summed E-state index contributed by atoms with van der Waals surface area (Å²) in [5.74, 6) is -0.557. The Kier molecular flexibility index (Phi) is 6.17. The van der Waals surface area contributed by atoms with Crippen molar-refractivity contribution in [3.05, 3.63) is 29.3 Å². The van der Waals surface area contributed by atoms with E-state index in [-0.39, 0.29) is 24.6 Å². The molecular weight excluding hydrogens is 285 g/mol. The number of nitrogens with two attached hydrogens (primary N) is 1. The van der Waals surface area contributed by atoms with Gasteiger partial charge in [0, 0.05) is 26.7 Å². The summed E-state index contributed by atoms with van der Waals surface area (Å²) in [7, 11) is 1.50. The zero-order valence-electron chi connectivity index (χ0n) is 12.0. The third-order valence-electron chi connectivity index (χ3n) is 2.88. The van der Waals surface area contributed by atoms with Crippen molar-refractivity contribution in [1.82, 2.24) is 0 Å². The Balaban J connectivity index is 2.90. The standard InChI is InChI=1S/C14H19F3N2O2/c1-9(8-21-2)5-13(20)19-12-4-3-10(7-18)6-11(12)14(15,16)17/h3-4,6,9H,5,7-8,18H2,1-2H3,(H,19,20). The molecule has 118 valence electrons. The molecule has 1 atom stereocenters. The molecule has 21 heavy (non-hydrogen) atoms. The maximum Gasteiger partial charge on any atom is 0.418 e. The number of alkyl halides is 3. The highest BCUT2D eigenvalue weighted by atomic mass is 19.4. The van der Waals surface area contributed by atoms with E-state index in [0.29, 0.717) is 12.2 Å². The lowest BCUT2D eigenvalue weighted by Gasteiger charge is -2.16. The molecule has 0 aliphatic heterocycles. The Bertz CT molecular complexity index is 490. The zero-order valence-corrected chi connectivity index (χ0v) is 12.0. The molecule has 7 heteroatoms. The van der Waals surface area contributed by atoms with Gasteiger partial charge < -0.3 is 15.8 Å². The molecule has 0 saturated heterocycles. The Hall–Kier alpha value is -1.60. The van der Waals surface area contributed by atoms with Gasteiger partial charge in [0.1, 0.15) is 0 Å². The summed E-state index contributed by atoms with van der Waals surface area (Å²) in [5, 5.41) is 2.30. The van der Waals surface area contributed by atoms with Crippen LogP contribution in [0.2, 0.25) is 0 Å². The number of ether oxygens (including phenoxy) is 1. The summed E-state index contributed by atoms with van der Waals surface area (Å²) in [6.07, 6.45) is -4.46. The fourth-order valence-corrected chi connectivity index (χ4v) is 1.92. The molecule has 0 saturated carbocycles. The van der Waals surface area contributed by atoms with Gasteiger partial charge in [0.05, 0.1) is 11.3 Å². The van der Waals surface area contributed by atoms with Crippen molar-refractivity contribution in [2.24, 2.45) is 11.7 Å². The van der Waals surface area contributed by atoms with Crippen LogP contribution in [0.25, 0.3) is 0 Å². The zero-order chi connectivity index (χ0) is 16.0. The Labute approximate surface area is 121 Å². The minimum absolute atomic E-state index is 0.00216. The van der Waals surface area contributed by atoms with Crippen molar-refractivity contribution < 1.29 is 22.7 Å². The summed E-state index contributed by atoms with van der Waals surface area (Å²) in [6, 6.07) is 3.64. The number of amides is 1. The van der Waals surface area contributed by atoms with Crippen LogP contribution in [0, 0.1) is 5.92 Å². The number of benzene rings is 1. The molecule has 0 fully saturated rings. The maximum absolute atomic E-state index is 13.0. The molecule has 0 aliphatic carbocycles. The summed E-state index contributed by atoms with van der Waals surface area (Å²) in [6.45, 7) is 2.15. The summed E-state index contributed by atoms with van der Waals surface area (Å²) in [4.78, 5) is 11.8. The second-order valence-electron chi connectivity index (χ2n) is 4.89. The predicted octanol–water partition coefficient (Wildman–Crippen LogP) is 2.78. The van der Waals surface area contributed by atoms with Crippen LogP contribution in [0.3, 0.4) is 0 Å². The number of carbonyl (C=O) groups excluding carboxylic acids is 1. The fourth-order valence-electron chi connectivity index (χ4n) is 1.92. The van der Waals surface area contributed by atoms with Crippen LogP contribution in [0.1, 0.15) is 24.5 Å². The van der Waals surface area contributed by atoms with E-state index in [0.717, 1.165) is 6.07 Å². The molecule has 1 unspecified atom stereocenters. The molecular formula is C14H19F3N2O2. The van der Waals surface area contributed by atoms with Crippen molar-refractivity contribution >= 4 is 11.6 Å². The van der Waals surface area contributed by atoms with E-state index < -0.39 is 17.6 Å². The molecule has 1 rings (SSSR count). The molecule has 1 aromatic rings. The number of nitrogens with one attached hydrogen (secondary N) is 1. The second kappa shape index (κ2) is 7.42. The van der Waals surface area contributed by atoms with Gasteiger partial charge in [-0.05, 0) is 23.6 Å². The first-order valence-electron chi connectivity index (χ1n) is 6.47. The fraction of sp³-hybridized carbons (Fsp3) is 0.500. The van der Waals surface area contributed by atoms with E-state index in [1.54, 1.807) is 6.92 Å². The third kappa shape index (κ3) is 5.35. The molecule has 0 heterocycles. The van der Waals surface area contributed by atoms with E-state index in [1.807, 2.05) is 0 Å². The van der Waals surface area contributed by atoms with E-state index in [2.05, 4.69) is 5.32 Å². The van der Waals surface area contributed by atoms with E-state index >= 15 is 0 Å². The van der Waals surface area contributed by atoms with Gasteiger partial charge >= 0.3 is 6.18 Å². The van der Waals surface area contributed by atoms with Crippen LogP contribution in [0.5, 0.6) is 0 Å². The number of halogens is 3. The summed E-state index contributed by atoms with van der Waals surface area (Å²) >= 11 is 0. The van der Waals surface area contributed by atoms with Crippen molar-refractivity contribution in [2.75, 3.05) is 19.0 Å². The molecule has 1 amide bonds. The Morgan fingerprint density at radius 2 is 2.10 bits per heavy atom. The minimum atomic E-state index is -4.55. The maximum atomic E-state index is 13.0. The highest BCUT2D eigenvalue weighted by Gasteiger charge is 2.34. The van der Waals surface area contributed by atoms with Crippen molar-refractivity contribution in [3.63, 3.8) is 0 Å². The first-order chi connectivity index (χ1) is 9.77. The third-order valence-corrected chi connectivity index (χ3v) is 2.88. The first-order valence-corrected chi connectivity index (χ1v) is 6.47. The number of anilines is 1. The van der Waals surface area contributed by atoms with E-state index in [9.17, 15) is 18.0 Å². The summed E-state index contributed by atoms with van der Waals surface area (Å²) < 4.78 is 43.8. The van der Waals surface area contributed by atoms with Crippen LogP contribution in [-0.4, -0.2) is 19.6 Å². The van der Waals surface area contributed by atoms with Crippen LogP contribution in [0.15, 0.2) is 18.2 Å². The largest absolute Gasteiger partial charge is 0.418 e. The smallest absolute Gasteiger partial charge is 0.384 e. The summed E-state index contributed by atoms with van der Waals surface area (Å²) in [5.41, 5.74) is 4.55. The highest BCUT2D eigenvalue weighted by Crippen LogP contribution is 2.35. The molecule has 0 spiro atoms. The molecule has 0 aromatic heterocycles. The van der Waals surface area contributed by atoms with Gasteiger partial charge in [-0.3, -0.25) is 4.79 Å². The Morgan fingerprint density at radius 1 is 1.43 bits per heavy atom. The number of carbonyl (C=O) groups is 1. The van der Waals surface area contributed by atoms with Crippen molar-refractivity contribution in [3.8, 4) is 0 Å². The van der Waals surface area contributed by atoms with Crippen LogP contribution in [-0.2, 0) is 22.3 Å². The lowest BCUT2D eigenvalue weighted by atomic mass is 10.1. The van der Waals surface area contributed by atoms with Gasteiger partial charge in [0.15, 0.2) is 0 Å². The molecule has 4 nitrogen and oxygen atoms in total. The van der Waals surface area contributed by atoms with Gasteiger partial charge in [0.2, 0.25) is 5.91 Å².